The van der Waals surface area contributed by atoms with E-state index in [0.29, 0.717) is 15.7 Å². The maximum atomic E-state index is 12.6. The van der Waals surface area contributed by atoms with Crippen LogP contribution in [-0.4, -0.2) is 36.2 Å². The second-order valence-electron chi connectivity index (χ2n) is 5.79. The number of rotatable bonds is 1. The first-order chi connectivity index (χ1) is 10.1. The first-order valence-corrected chi connectivity index (χ1v) is 7.47. The maximum absolute atomic E-state index is 12.6. The molecule has 5 nitrogen and oxygen atoms in total. The molecule has 5 rings (SSSR count). The molecule has 4 saturated heterocycles. The Kier molecular flexibility index (Phi) is 2.24. The predicted molar refractivity (Wildman–Crippen MR) is 73.3 cm³/mol. The Morgan fingerprint density at radius 1 is 0.857 bits per heavy atom. The molecule has 0 aliphatic carbocycles. The number of imide groups is 1. The van der Waals surface area contributed by atoms with Gasteiger partial charge in [0, 0.05) is 0 Å². The molecule has 4 aliphatic rings. The second-order valence-corrected chi connectivity index (χ2v) is 6.61. The first kappa shape index (κ1) is 12.4. The van der Waals surface area contributed by atoms with Crippen LogP contribution in [-0.2, 0) is 19.1 Å². The van der Waals surface area contributed by atoms with E-state index in [-0.39, 0.29) is 36.2 Å². The summed E-state index contributed by atoms with van der Waals surface area (Å²) < 4.78 is 11.2. The molecule has 0 radical (unpaired) electrons. The third-order valence-electron chi connectivity index (χ3n) is 4.79. The number of halogens is 2. The smallest absolute Gasteiger partial charge is 0.240 e. The number of epoxide rings is 1. The molecule has 2 bridgehead atoms. The summed E-state index contributed by atoms with van der Waals surface area (Å²) in [5.41, 5.74) is 0.461. The number of carbonyl (C=O) groups excluding carboxylic acids is 2. The molecule has 0 N–H and O–H groups in total. The Balaban J connectivity index is 1.56. The van der Waals surface area contributed by atoms with Gasteiger partial charge in [0.25, 0.3) is 0 Å². The lowest BCUT2D eigenvalue weighted by atomic mass is 9.81. The van der Waals surface area contributed by atoms with Crippen LogP contribution in [0.25, 0.3) is 0 Å². The monoisotopic (exact) mass is 325 g/mol. The molecule has 4 heterocycles. The van der Waals surface area contributed by atoms with E-state index in [4.69, 9.17) is 32.7 Å². The summed E-state index contributed by atoms with van der Waals surface area (Å²) in [5, 5.41) is 0.704. The fourth-order valence-corrected chi connectivity index (χ4v) is 4.15. The van der Waals surface area contributed by atoms with Gasteiger partial charge in [0.15, 0.2) is 0 Å². The third-order valence-corrected chi connectivity index (χ3v) is 5.53. The van der Waals surface area contributed by atoms with Crippen LogP contribution < -0.4 is 4.90 Å². The van der Waals surface area contributed by atoms with E-state index in [2.05, 4.69) is 0 Å². The van der Waals surface area contributed by atoms with Gasteiger partial charge < -0.3 is 9.47 Å². The van der Waals surface area contributed by atoms with Crippen molar-refractivity contribution in [2.75, 3.05) is 4.90 Å². The minimum Gasteiger partial charge on any atom is -0.368 e. The first-order valence-electron chi connectivity index (χ1n) is 6.72. The molecule has 4 aliphatic heterocycles. The van der Waals surface area contributed by atoms with Crippen molar-refractivity contribution in [3.63, 3.8) is 0 Å². The largest absolute Gasteiger partial charge is 0.368 e. The summed E-state index contributed by atoms with van der Waals surface area (Å²) in [6.07, 6.45) is -0.591. The van der Waals surface area contributed by atoms with E-state index in [9.17, 15) is 9.59 Å². The van der Waals surface area contributed by atoms with Gasteiger partial charge in [0.2, 0.25) is 11.8 Å². The Bertz CT molecular complexity index is 676. The van der Waals surface area contributed by atoms with E-state index in [1.165, 1.54) is 4.90 Å². The Morgan fingerprint density at radius 2 is 1.43 bits per heavy atom. The number of hydrogen-bond acceptors (Lipinski definition) is 4. The zero-order valence-electron chi connectivity index (χ0n) is 10.5. The molecular formula is C14H9Cl2NO4. The van der Waals surface area contributed by atoms with Crippen LogP contribution in [0.2, 0.25) is 10.0 Å². The van der Waals surface area contributed by atoms with Crippen molar-refractivity contribution in [2.24, 2.45) is 11.8 Å². The quantitative estimate of drug-likeness (QED) is 0.582. The molecule has 4 fully saturated rings. The molecule has 6 atom stereocenters. The van der Waals surface area contributed by atoms with Crippen LogP contribution in [0.15, 0.2) is 18.2 Å². The lowest BCUT2D eigenvalue weighted by molar-refractivity contribution is -0.126. The minimum atomic E-state index is -0.430. The number of anilines is 1. The van der Waals surface area contributed by atoms with Gasteiger partial charge in [0.1, 0.15) is 12.2 Å². The van der Waals surface area contributed by atoms with Crippen LogP contribution >= 0.6 is 23.2 Å². The van der Waals surface area contributed by atoms with E-state index >= 15 is 0 Å². The van der Waals surface area contributed by atoms with E-state index in [1.807, 2.05) is 0 Å². The van der Waals surface area contributed by atoms with Crippen LogP contribution in [0.4, 0.5) is 5.69 Å². The van der Waals surface area contributed by atoms with Gasteiger partial charge in [-0.2, -0.15) is 0 Å². The third kappa shape index (κ3) is 1.40. The lowest BCUT2D eigenvalue weighted by Crippen LogP contribution is -2.35. The number of ether oxygens (including phenoxy) is 2. The SMILES string of the molecule is O=C1C2C3OC([C@H]2C(=O)N1c1ccc(Cl)c(Cl)c1)[C@@H]1O[C@H]31. The highest BCUT2D eigenvalue weighted by molar-refractivity contribution is 6.42. The van der Waals surface area contributed by atoms with Gasteiger partial charge in [-0.1, -0.05) is 23.2 Å². The molecule has 3 unspecified atom stereocenters. The highest BCUT2D eigenvalue weighted by Gasteiger charge is 2.75. The van der Waals surface area contributed by atoms with Gasteiger partial charge in [-0.15, -0.1) is 0 Å². The van der Waals surface area contributed by atoms with E-state index < -0.39 is 11.8 Å². The number of fused-ring (bicyclic) bond motifs is 8. The Labute approximate surface area is 129 Å². The van der Waals surface area contributed by atoms with Gasteiger partial charge in [-0.05, 0) is 18.2 Å². The van der Waals surface area contributed by atoms with E-state index in [1.54, 1.807) is 18.2 Å². The maximum Gasteiger partial charge on any atom is 0.240 e. The van der Waals surface area contributed by atoms with Crippen molar-refractivity contribution in [1.29, 1.82) is 0 Å². The average molecular weight is 326 g/mol. The second kappa shape index (κ2) is 3.79. The zero-order valence-corrected chi connectivity index (χ0v) is 12.0. The average Bonchev–Trinajstić information content (AvgIpc) is 2.97. The minimum absolute atomic E-state index is 0.0123. The summed E-state index contributed by atoms with van der Waals surface area (Å²) in [4.78, 5) is 26.5. The lowest BCUT2D eigenvalue weighted by Gasteiger charge is -2.18. The molecule has 7 heteroatoms. The van der Waals surface area contributed by atoms with Crippen molar-refractivity contribution in [2.45, 2.75) is 24.4 Å². The topological polar surface area (TPSA) is 59.1 Å². The Hall–Kier alpha value is -1.14. The number of carbonyl (C=O) groups is 2. The van der Waals surface area contributed by atoms with Crippen molar-refractivity contribution in [3.8, 4) is 0 Å². The van der Waals surface area contributed by atoms with Crippen LogP contribution in [0.5, 0.6) is 0 Å². The fourth-order valence-electron chi connectivity index (χ4n) is 3.86. The van der Waals surface area contributed by atoms with Crippen LogP contribution in [0, 0.1) is 11.8 Å². The predicted octanol–water partition coefficient (Wildman–Crippen LogP) is 1.65. The van der Waals surface area contributed by atoms with Gasteiger partial charge in [0.05, 0.1) is 39.8 Å². The summed E-state index contributed by atoms with van der Waals surface area (Å²) in [6, 6.07) is 4.76. The van der Waals surface area contributed by atoms with Crippen molar-refractivity contribution < 1.29 is 19.1 Å². The molecule has 0 spiro atoms. The normalized spacial score (nSPS) is 42.5. The van der Waals surface area contributed by atoms with Crippen molar-refractivity contribution >= 4 is 40.7 Å². The highest BCUT2D eigenvalue weighted by Crippen LogP contribution is 2.57. The van der Waals surface area contributed by atoms with Gasteiger partial charge in [-0.25, -0.2) is 4.90 Å². The van der Waals surface area contributed by atoms with E-state index in [0.717, 1.165) is 0 Å². The summed E-state index contributed by atoms with van der Waals surface area (Å²) in [5.74, 6) is -1.32. The standard InChI is InChI=1S/C14H9Cl2NO4/c15-5-2-1-4(3-6(5)16)17-13(18)7-8(14(17)19)10-12-11(21-12)9(7)20-10/h1-3,7-12H/t7-,8?,9?,10?,11-,12+/m0/s1. The fraction of sp³-hybridized carbons (Fsp3) is 0.429. The van der Waals surface area contributed by atoms with Gasteiger partial charge >= 0.3 is 0 Å². The molecular weight excluding hydrogens is 317 g/mol. The van der Waals surface area contributed by atoms with Crippen LogP contribution in [0.1, 0.15) is 0 Å². The molecule has 108 valence electrons. The number of amides is 2. The number of nitrogens with zero attached hydrogens (tertiary/aromatic N) is 1. The van der Waals surface area contributed by atoms with Crippen LogP contribution in [0.3, 0.4) is 0 Å². The number of hydrogen-bond donors (Lipinski definition) is 0. The summed E-state index contributed by atoms with van der Waals surface area (Å²) in [6.45, 7) is 0. The van der Waals surface area contributed by atoms with Crippen molar-refractivity contribution in [1.82, 2.24) is 0 Å². The molecule has 2 amide bonds. The molecule has 0 saturated carbocycles. The zero-order chi connectivity index (χ0) is 14.5. The Morgan fingerprint density at radius 3 is 2.00 bits per heavy atom. The highest BCUT2D eigenvalue weighted by atomic mass is 35.5. The molecule has 0 aromatic heterocycles. The number of benzene rings is 1. The van der Waals surface area contributed by atoms with Crippen molar-refractivity contribution in [3.05, 3.63) is 28.2 Å². The molecule has 1 aromatic rings. The molecule has 1 aromatic carbocycles. The summed E-state index contributed by atoms with van der Waals surface area (Å²) in [7, 11) is 0. The summed E-state index contributed by atoms with van der Waals surface area (Å²) >= 11 is 11.9. The molecule has 21 heavy (non-hydrogen) atoms. The van der Waals surface area contributed by atoms with Gasteiger partial charge in [-0.3, -0.25) is 9.59 Å².